The van der Waals surface area contributed by atoms with E-state index in [9.17, 15) is 0 Å². The third-order valence-corrected chi connectivity index (χ3v) is 0.989. The van der Waals surface area contributed by atoms with E-state index in [1.807, 2.05) is 0 Å². The number of phenolic OH excluding ortho intramolecular Hbond substituents is 1. The Morgan fingerprint density at radius 3 is 2.44 bits per heavy atom. The van der Waals surface area contributed by atoms with Gasteiger partial charge in [0.1, 0.15) is 0 Å². The highest BCUT2D eigenvalue weighted by molar-refractivity contribution is 5.48. The van der Waals surface area contributed by atoms with Crippen LogP contribution in [0.15, 0.2) is 24.3 Å². The van der Waals surface area contributed by atoms with Gasteiger partial charge in [-0.2, -0.15) is 0 Å². The van der Waals surface area contributed by atoms with Crippen LogP contribution >= 0.6 is 0 Å². The van der Waals surface area contributed by atoms with Gasteiger partial charge in [-0.3, -0.25) is 0 Å². The number of nitrogens with zero attached hydrogens (tertiary/aromatic N) is 2. The van der Waals surface area contributed by atoms with E-state index >= 15 is 0 Å². The SMILES string of the molecule is [N-]=[N+2]c1ccccc1O. The van der Waals surface area contributed by atoms with Crippen molar-refractivity contribution in [1.29, 1.82) is 0 Å². The van der Waals surface area contributed by atoms with Crippen LogP contribution < -0.4 is 5.11 Å². The van der Waals surface area contributed by atoms with Gasteiger partial charge in [0.25, 0.3) is 5.75 Å². The van der Waals surface area contributed by atoms with Gasteiger partial charge in [-0.15, -0.1) is 0 Å². The highest BCUT2D eigenvalue weighted by Crippen LogP contribution is 2.19. The molecule has 3 heteroatoms. The van der Waals surface area contributed by atoms with Gasteiger partial charge < -0.3 is 5.11 Å². The molecule has 0 spiro atoms. The predicted octanol–water partition coefficient (Wildman–Crippen LogP) is 1.38. The zero-order chi connectivity index (χ0) is 6.69. The van der Waals surface area contributed by atoms with E-state index < -0.39 is 0 Å². The third kappa shape index (κ3) is 1.01. The average molecular weight is 121 g/mol. The first kappa shape index (κ1) is 5.66. The van der Waals surface area contributed by atoms with E-state index in [1.54, 1.807) is 12.1 Å². The van der Waals surface area contributed by atoms with Crippen molar-refractivity contribution in [2.45, 2.75) is 0 Å². The number of para-hydroxylation sites is 1. The summed E-state index contributed by atoms with van der Waals surface area (Å²) in [5.41, 5.74) is 8.38. The summed E-state index contributed by atoms with van der Waals surface area (Å²) in [7, 11) is 0. The Hall–Kier alpha value is -1.47. The second-order valence-electron chi connectivity index (χ2n) is 1.59. The average Bonchev–Trinajstić information content (AvgIpc) is 1.89. The molecule has 1 rings (SSSR count). The van der Waals surface area contributed by atoms with Crippen LogP contribution in [0.3, 0.4) is 0 Å². The molecule has 1 aromatic carbocycles. The Balaban J connectivity index is 3.15. The van der Waals surface area contributed by atoms with Gasteiger partial charge >= 0.3 is 5.69 Å². The molecular weight excluding hydrogens is 116 g/mol. The van der Waals surface area contributed by atoms with Gasteiger partial charge in [0, 0.05) is 0 Å². The van der Waals surface area contributed by atoms with Gasteiger partial charge in [0.05, 0.1) is 6.07 Å². The second kappa shape index (κ2) is 2.20. The summed E-state index contributed by atoms with van der Waals surface area (Å²) in [5, 5.41) is 11.7. The highest BCUT2D eigenvalue weighted by Gasteiger charge is 2.16. The molecule has 9 heavy (non-hydrogen) atoms. The lowest BCUT2D eigenvalue weighted by Gasteiger charge is -1.76. The first-order chi connectivity index (χ1) is 4.34. The molecule has 0 aliphatic heterocycles. The molecule has 0 saturated heterocycles. The molecule has 0 aliphatic carbocycles. The van der Waals surface area contributed by atoms with Crippen molar-refractivity contribution in [2.24, 2.45) is 0 Å². The Morgan fingerprint density at radius 2 is 2.00 bits per heavy atom. The number of phenols is 1. The van der Waals surface area contributed by atoms with Crippen LogP contribution in [0.25, 0.3) is 5.53 Å². The summed E-state index contributed by atoms with van der Waals surface area (Å²) in [6, 6.07) is 6.29. The molecule has 1 aromatic rings. The molecule has 0 aromatic heterocycles. The number of benzene rings is 1. The zero-order valence-electron chi connectivity index (χ0n) is 4.65. The Kier molecular flexibility index (Phi) is 1.38. The van der Waals surface area contributed by atoms with Crippen LogP contribution in [0.4, 0.5) is 5.69 Å². The quantitative estimate of drug-likeness (QED) is 0.560. The van der Waals surface area contributed by atoms with Crippen molar-refractivity contribution in [3.05, 3.63) is 29.8 Å². The molecule has 0 fully saturated rings. The van der Waals surface area contributed by atoms with Gasteiger partial charge in [-0.05, 0) is 12.1 Å². The lowest BCUT2D eigenvalue weighted by Crippen LogP contribution is -1.72. The Labute approximate surface area is 52.5 Å². The highest BCUT2D eigenvalue weighted by atomic mass is 16.3. The number of hydrogen-bond acceptors (Lipinski definition) is 2. The summed E-state index contributed by atoms with van der Waals surface area (Å²) in [5.74, 6) is -0.0139. The van der Waals surface area contributed by atoms with Crippen LogP contribution in [-0.2, 0) is 0 Å². The maximum Gasteiger partial charge on any atom is 0.569 e. The largest absolute Gasteiger partial charge is 0.569 e. The smallest absolute Gasteiger partial charge is 0.498 e. The minimum absolute atomic E-state index is 0.0139. The molecule has 0 aliphatic rings. The predicted molar refractivity (Wildman–Crippen MR) is 33.3 cm³/mol. The van der Waals surface area contributed by atoms with E-state index in [0.29, 0.717) is 0 Å². The maximum absolute atomic E-state index is 8.86. The van der Waals surface area contributed by atoms with Gasteiger partial charge in [-0.25, -0.2) is 0 Å². The van der Waals surface area contributed by atoms with E-state index in [1.165, 1.54) is 12.1 Å². The van der Waals surface area contributed by atoms with Crippen LogP contribution in [0.2, 0.25) is 0 Å². The fourth-order valence-corrected chi connectivity index (χ4v) is 0.549. The summed E-state index contributed by atoms with van der Waals surface area (Å²) in [6.45, 7) is 0. The molecule has 44 valence electrons. The zero-order valence-corrected chi connectivity index (χ0v) is 4.65. The van der Waals surface area contributed by atoms with Crippen LogP contribution in [0.5, 0.6) is 5.75 Å². The van der Waals surface area contributed by atoms with Gasteiger partial charge in [0.15, 0.2) is 0 Å². The van der Waals surface area contributed by atoms with Gasteiger partial charge in [-0.1, -0.05) is 11.6 Å². The van der Waals surface area contributed by atoms with Gasteiger partial charge in [0.2, 0.25) is 5.11 Å². The van der Waals surface area contributed by atoms with E-state index in [2.05, 4.69) is 5.11 Å². The van der Waals surface area contributed by atoms with Crippen LogP contribution in [0.1, 0.15) is 0 Å². The summed E-state index contributed by atoms with van der Waals surface area (Å²) in [4.78, 5) is 0. The number of aromatic hydroxyl groups is 1. The van der Waals surface area contributed by atoms with Crippen LogP contribution in [-0.4, -0.2) is 5.11 Å². The maximum atomic E-state index is 8.86. The normalized spacial score (nSPS) is 8.44. The molecule has 0 saturated carbocycles. The van der Waals surface area contributed by atoms with E-state index in [0.717, 1.165) is 0 Å². The fourth-order valence-electron chi connectivity index (χ4n) is 0.549. The fraction of sp³-hybridized carbons (Fsp3) is 0. The van der Waals surface area contributed by atoms with E-state index in [4.69, 9.17) is 10.6 Å². The number of hydrogen-bond donors (Lipinski definition) is 1. The van der Waals surface area contributed by atoms with Crippen molar-refractivity contribution in [2.75, 3.05) is 0 Å². The van der Waals surface area contributed by atoms with Crippen molar-refractivity contribution in [3.63, 3.8) is 0 Å². The molecule has 0 bridgehead atoms. The lowest BCUT2D eigenvalue weighted by atomic mass is 10.3. The van der Waals surface area contributed by atoms with Crippen LogP contribution in [0, 0.1) is 0 Å². The molecular formula is C6H5N2O+. The monoisotopic (exact) mass is 121 g/mol. The van der Waals surface area contributed by atoms with Crippen molar-refractivity contribution in [1.82, 2.24) is 5.11 Å². The minimum atomic E-state index is -0.0139. The molecule has 0 heterocycles. The summed E-state index contributed by atoms with van der Waals surface area (Å²) >= 11 is 0. The first-order valence-corrected chi connectivity index (χ1v) is 2.47. The molecule has 0 atom stereocenters. The molecule has 3 nitrogen and oxygen atoms in total. The molecule has 1 N–H and O–H groups in total. The first-order valence-electron chi connectivity index (χ1n) is 2.47. The van der Waals surface area contributed by atoms with Crippen molar-refractivity contribution in [3.8, 4) is 5.75 Å². The molecule has 0 unspecified atom stereocenters. The lowest BCUT2D eigenvalue weighted by molar-refractivity contribution is 0.475. The second-order valence-corrected chi connectivity index (χ2v) is 1.59. The Bertz CT molecular complexity index is 222. The minimum Gasteiger partial charge on any atom is -0.498 e. The molecule has 0 amide bonds. The third-order valence-electron chi connectivity index (χ3n) is 0.989. The topological polar surface area (TPSA) is 56.6 Å². The van der Waals surface area contributed by atoms with Crippen molar-refractivity contribution < 1.29 is 5.11 Å². The summed E-state index contributed by atoms with van der Waals surface area (Å²) in [6.07, 6.45) is 0. The van der Waals surface area contributed by atoms with Crippen molar-refractivity contribution >= 4 is 5.69 Å². The Morgan fingerprint density at radius 1 is 1.33 bits per heavy atom. The summed E-state index contributed by atoms with van der Waals surface area (Å²) < 4.78 is 0. The standard InChI is InChI=1S/C6H5N2O/c7-8-5-3-1-2-4-6(5)9/h1-4,9H/q+1. The number of rotatable bonds is 1. The van der Waals surface area contributed by atoms with E-state index in [-0.39, 0.29) is 11.4 Å². The molecule has 0 radical (unpaired) electrons.